The minimum absolute atomic E-state index is 0.275. The highest BCUT2D eigenvalue weighted by atomic mass is 32.1. The molecule has 1 heterocycles. The highest BCUT2D eigenvalue weighted by Gasteiger charge is 2.30. The topological polar surface area (TPSA) is 81.7 Å². The summed E-state index contributed by atoms with van der Waals surface area (Å²) >= 11 is 1.42. The van der Waals surface area contributed by atoms with Crippen LogP contribution in [0.15, 0.2) is 0 Å². The van der Waals surface area contributed by atoms with Gasteiger partial charge in [-0.2, -0.15) is 0 Å². The van der Waals surface area contributed by atoms with E-state index in [0.29, 0.717) is 22.9 Å². The molecular formula is C19H27NO5S. The average Bonchev–Trinajstić information content (AvgIpc) is 2.91. The smallest absolute Gasteiger partial charge is 0.341 e. The molecule has 0 saturated carbocycles. The Labute approximate surface area is 158 Å². The number of rotatable bonds is 7. The second-order valence-electron chi connectivity index (χ2n) is 6.65. The van der Waals surface area contributed by atoms with Crippen molar-refractivity contribution in [2.45, 2.75) is 65.9 Å². The zero-order chi connectivity index (χ0) is 19.3. The fraction of sp³-hybridized carbons (Fsp3) is 0.632. The quantitative estimate of drug-likeness (QED) is 0.728. The maximum absolute atomic E-state index is 12.4. The van der Waals surface area contributed by atoms with E-state index in [1.54, 1.807) is 6.92 Å². The van der Waals surface area contributed by atoms with Gasteiger partial charge in [-0.3, -0.25) is 9.59 Å². The molecule has 1 aromatic rings. The van der Waals surface area contributed by atoms with Gasteiger partial charge in [0, 0.05) is 11.3 Å². The number of amides is 1. The van der Waals surface area contributed by atoms with Crippen LogP contribution in [0.5, 0.6) is 0 Å². The summed E-state index contributed by atoms with van der Waals surface area (Å²) in [7, 11) is 0. The fourth-order valence-corrected chi connectivity index (χ4v) is 4.39. The molecule has 6 nitrogen and oxygen atoms in total. The molecule has 1 amide bonds. The first-order valence-corrected chi connectivity index (χ1v) is 10.0. The number of thiophene rings is 1. The SMILES string of the molecule is CCCC(=O)O[C@H](C)C(=O)Nc1sc2c(c1C(=O)OCC)CC[C@@H](C)C2. The van der Waals surface area contributed by atoms with Gasteiger partial charge in [0.2, 0.25) is 0 Å². The maximum Gasteiger partial charge on any atom is 0.341 e. The molecule has 0 aromatic carbocycles. The Kier molecular flexibility index (Phi) is 7.20. The summed E-state index contributed by atoms with van der Waals surface area (Å²) in [5, 5.41) is 3.26. The van der Waals surface area contributed by atoms with Crippen LogP contribution in [0.3, 0.4) is 0 Å². The Morgan fingerprint density at radius 1 is 1.31 bits per heavy atom. The summed E-state index contributed by atoms with van der Waals surface area (Å²) in [6, 6.07) is 0. The third-order valence-electron chi connectivity index (χ3n) is 4.36. The van der Waals surface area contributed by atoms with Crippen molar-refractivity contribution in [3.8, 4) is 0 Å². The van der Waals surface area contributed by atoms with Crippen molar-refractivity contribution in [3.05, 3.63) is 16.0 Å². The van der Waals surface area contributed by atoms with E-state index in [2.05, 4.69) is 12.2 Å². The minimum atomic E-state index is -0.915. The Morgan fingerprint density at radius 2 is 2.04 bits per heavy atom. The summed E-state index contributed by atoms with van der Waals surface area (Å²) in [4.78, 5) is 37.6. The van der Waals surface area contributed by atoms with E-state index in [0.717, 1.165) is 29.7 Å². The van der Waals surface area contributed by atoms with Crippen molar-refractivity contribution >= 4 is 34.2 Å². The summed E-state index contributed by atoms with van der Waals surface area (Å²) in [6.07, 6.45) is 2.73. The van der Waals surface area contributed by atoms with Crippen LogP contribution < -0.4 is 5.32 Å². The number of anilines is 1. The zero-order valence-corrected chi connectivity index (χ0v) is 16.7. The van der Waals surface area contributed by atoms with Crippen LogP contribution in [-0.4, -0.2) is 30.6 Å². The van der Waals surface area contributed by atoms with Crippen LogP contribution >= 0.6 is 11.3 Å². The number of fused-ring (bicyclic) bond motifs is 1. The first kappa shape index (κ1) is 20.4. The van der Waals surface area contributed by atoms with E-state index in [-0.39, 0.29) is 13.0 Å². The molecule has 1 aromatic heterocycles. The Balaban J connectivity index is 2.21. The highest BCUT2D eigenvalue weighted by molar-refractivity contribution is 7.17. The van der Waals surface area contributed by atoms with Gasteiger partial charge in [0.25, 0.3) is 5.91 Å². The van der Waals surface area contributed by atoms with Crippen LogP contribution in [0.1, 0.15) is 67.8 Å². The summed E-state index contributed by atoms with van der Waals surface area (Å²) < 4.78 is 10.3. The van der Waals surface area contributed by atoms with Gasteiger partial charge in [-0.15, -0.1) is 11.3 Å². The van der Waals surface area contributed by atoms with Gasteiger partial charge >= 0.3 is 11.9 Å². The molecule has 1 N–H and O–H groups in total. The van der Waals surface area contributed by atoms with Gasteiger partial charge in [0.1, 0.15) is 5.00 Å². The minimum Gasteiger partial charge on any atom is -0.462 e. The van der Waals surface area contributed by atoms with Gasteiger partial charge < -0.3 is 14.8 Å². The predicted octanol–water partition coefficient (Wildman–Crippen LogP) is 3.72. The molecule has 1 aliphatic rings. The number of hydrogen-bond donors (Lipinski definition) is 1. The highest BCUT2D eigenvalue weighted by Crippen LogP contribution is 2.40. The van der Waals surface area contributed by atoms with Crippen LogP contribution in [-0.2, 0) is 31.9 Å². The van der Waals surface area contributed by atoms with Crippen LogP contribution in [0.4, 0.5) is 5.00 Å². The number of ether oxygens (including phenoxy) is 2. The Morgan fingerprint density at radius 3 is 2.69 bits per heavy atom. The van der Waals surface area contributed by atoms with E-state index < -0.39 is 23.9 Å². The average molecular weight is 381 g/mol. The maximum atomic E-state index is 12.4. The molecule has 7 heteroatoms. The zero-order valence-electron chi connectivity index (χ0n) is 15.8. The molecule has 1 aliphatic carbocycles. The summed E-state index contributed by atoms with van der Waals surface area (Å²) in [5.41, 5.74) is 1.44. The van der Waals surface area contributed by atoms with Gasteiger partial charge in [0.05, 0.1) is 12.2 Å². The number of hydrogen-bond acceptors (Lipinski definition) is 6. The molecule has 0 radical (unpaired) electrons. The lowest BCUT2D eigenvalue weighted by Gasteiger charge is -2.18. The second-order valence-corrected chi connectivity index (χ2v) is 7.75. The molecular weight excluding hydrogens is 354 g/mol. The molecule has 0 saturated heterocycles. The van der Waals surface area contributed by atoms with E-state index in [4.69, 9.17) is 9.47 Å². The largest absolute Gasteiger partial charge is 0.462 e. The summed E-state index contributed by atoms with van der Waals surface area (Å²) in [6.45, 7) is 7.61. The number of esters is 2. The molecule has 0 unspecified atom stereocenters. The van der Waals surface area contributed by atoms with Crippen molar-refractivity contribution in [1.29, 1.82) is 0 Å². The van der Waals surface area contributed by atoms with Crippen LogP contribution in [0.25, 0.3) is 0 Å². The standard InChI is InChI=1S/C19H27NO5S/c1-5-7-15(21)25-12(4)17(22)20-18-16(19(23)24-6-2)13-9-8-11(3)10-14(13)26-18/h11-12H,5-10H2,1-4H3,(H,20,22)/t11-,12-/m1/s1. The normalized spacial score (nSPS) is 17.2. The third-order valence-corrected chi connectivity index (χ3v) is 5.53. The van der Waals surface area contributed by atoms with Crippen molar-refractivity contribution < 1.29 is 23.9 Å². The van der Waals surface area contributed by atoms with Crippen LogP contribution in [0, 0.1) is 5.92 Å². The molecule has 144 valence electrons. The lowest BCUT2D eigenvalue weighted by atomic mass is 9.88. The van der Waals surface area contributed by atoms with Gasteiger partial charge in [-0.1, -0.05) is 13.8 Å². The van der Waals surface area contributed by atoms with E-state index in [9.17, 15) is 14.4 Å². The molecule has 2 rings (SSSR count). The molecule has 0 spiro atoms. The summed E-state index contributed by atoms with van der Waals surface area (Å²) in [5.74, 6) is -0.703. The van der Waals surface area contributed by atoms with Crippen molar-refractivity contribution in [2.75, 3.05) is 11.9 Å². The molecule has 26 heavy (non-hydrogen) atoms. The number of nitrogens with one attached hydrogen (secondary N) is 1. The number of carbonyl (C=O) groups excluding carboxylic acids is 3. The van der Waals surface area contributed by atoms with Crippen molar-refractivity contribution in [2.24, 2.45) is 5.92 Å². The molecule has 0 aliphatic heterocycles. The first-order chi connectivity index (χ1) is 12.4. The van der Waals surface area contributed by atoms with E-state index >= 15 is 0 Å². The van der Waals surface area contributed by atoms with Gasteiger partial charge in [-0.25, -0.2) is 4.79 Å². The molecule has 0 fully saturated rings. The van der Waals surface area contributed by atoms with Crippen molar-refractivity contribution in [1.82, 2.24) is 0 Å². The van der Waals surface area contributed by atoms with Gasteiger partial charge in [0.15, 0.2) is 6.10 Å². The van der Waals surface area contributed by atoms with E-state index in [1.807, 2.05) is 6.92 Å². The first-order valence-electron chi connectivity index (χ1n) is 9.19. The monoisotopic (exact) mass is 381 g/mol. The van der Waals surface area contributed by atoms with Crippen molar-refractivity contribution in [3.63, 3.8) is 0 Å². The Hall–Kier alpha value is -1.89. The van der Waals surface area contributed by atoms with Crippen LogP contribution in [0.2, 0.25) is 0 Å². The van der Waals surface area contributed by atoms with E-state index in [1.165, 1.54) is 18.3 Å². The molecule has 2 atom stereocenters. The fourth-order valence-electron chi connectivity index (χ4n) is 2.99. The Bertz CT molecular complexity index is 682. The molecule has 0 bridgehead atoms. The predicted molar refractivity (Wildman–Crippen MR) is 101 cm³/mol. The lowest BCUT2D eigenvalue weighted by Crippen LogP contribution is -2.30. The number of carbonyl (C=O) groups is 3. The third kappa shape index (κ3) is 4.84. The lowest BCUT2D eigenvalue weighted by molar-refractivity contribution is -0.153. The second kappa shape index (κ2) is 9.16. The van der Waals surface area contributed by atoms with Gasteiger partial charge in [-0.05, 0) is 51.0 Å².